The Hall–Kier alpha value is -1.56. The minimum Gasteiger partial charge on any atom is -0.391 e. The predicted octanol–water partition coefficient (Wildman–Crippen LogP) is 2.15. The number of aryl methyl sites for hydroxylation is 2. The number of nitrogens with zero attached hydrogens (tertiary/aromatic N) is 2. The molecule has 2 heterocycles. The molecule has 6 heteroatoms. The first kappa shape index (κ1) is 15.0. The highest BCUT2D eigenvalue weighted by molar-refractivity contribution is 5.76. The van der Waals surface area contributed by atoms with E-state index in [4.69, 9.17) is 4.52 Å². The van der Waals surface area contributed by atoms with E-state index in [0.29, 0.717) is 17.8 Å². The third-order valence-corrected chi connectivity index (χ3v) is 6.25. The van der Waals surface area contributed by atoms with Crippen molar-refractivity contribution in [2.45, 2.75) is 58.2 Å². The fourth-order valence-electron chi connectivity index (χ4n) is 5.25. The van der Waals surface area contributed by atoms with E-state index in [1.807, 2.05) is 25.7 Å². The number of carbonyl (C=O) groups excluding carboxylic acids is 1. The zero-order valence-corrected chi connectivity index (χ0v) is 14.0. The lowest BCUT2D eigenvalue weighted by Gasteiger charge is -2.30. The third-order valence-electron chi connectivity index (χ3n) is 6.25. The van der Waals surface area contributed by atoms with Gasteiger partial charge >= 0.3 is 6.03 Å². The number of aromatic nitrogens is 1. The highest BCUT2D eigenvalue weighted by atomic mass is 16.5. The Morgan fingerprint density at radius 2 is 2.22 bits per heavy atom. The highest BCUT2D eigenvalue weighted by Gasteiger charge is 2.60. The number of aliphatic hydroxyl groups is 1. The van der Waals surface area contributed by atoms with Gasteiger partial charge in [-0.25, -0.2) is 4.79 Å². The van der Waals surface area contributed by atoms with E-state index in [2.05, 4.69) is 10.5 Å². The van der Waals surface area contributed by atoms with E-state index >= 15 is 0 Å². The minimum absolute atomic E-state index is 0.0147. The van der Waals surface area contributed by atoms with Crippen molar-refractivity contribution in [2.75, 3.05) is 6.54 Å². The van der Waals surface area contributed by atoms with Crippen molar-refractivity contribution < 1.29 is 14.4 Å². The smallest absolute Gasteiger partial charge is 0.318 e. The van der Waals surface area contributed by atoms with Gasteiger partial charge in [0.15, 0.2) is 0 Å². The van der Waals surface area contributed by atoms with E-state index in [1.165, 1.54) is 0 Å². The number of hydrogen-bond acceptors (Lipinski definition) is 4. The molecule has 2 aliphatic carbocycles. The normalized spacial score (nSPS) is 35.8. The number of rotatable bonds is 3. The van der Waals surface area contributed by atoms with Crippen LogP contribution in [0.25, 0.3) is 0 Å². The van der Waals surface area contributed by atoms with Gasteiger partial charge in [-0.2, -0.15) is 0 Å². The number of fused-ring (bicyclic) bond motifs is 1. The fraction of sp³-hybridized carbons (Fsp3) is 0.765. The van der Waals surface area contributed by atoms with Crippen LogP contribution in [-0.2, 0) is 0 Å². The molecule has 1 saturated heterocycles. The summed E-state index contributed by atoms with van der Waals surface area (Å²) in [4.78, 5) is 14.7. The lowest BCUT2D eigenvalue weighted by Crippen LogP contribution is -2.48. The summed E-state index contributed by atoms with van der Waals surface area (Å²) >= 11 is 0. The van der Waals surface area contributed by atoms with Crippen molar-refractivity contribution in [2.24, 2.45) is 17.8 Å². The molecule has 6 atom stereocenters. The molecule has 126 valence electrons. The quantitative estimate of drug-likeness (QED) is 0.895. The van der Waals surface area contributed by atoms with Gasteiger partial charge in [-0.05, 0) is 50.9 Å². The third kappa shape index (κ3) is 2.11. The second kappa shape index (κ2) is 5.23. The molecule has 6 nitrogen and oxygen atoms in total. The summed E-state index contributed by atoms with van der Waals surface area (Å²) in [5.74, 6) is 2.24. The lowest BCUT2D eigenvalue weighted by molar-refractivity contribution is 0.0603. The molecular weight excluding hydrogens is 294 g/mol. The average Bonchev–Trinajstić information content (AvgIpc) is 3.20. The number of nitrogens with one attached hydrogen (secondary N) is 1. The summed E-state index contributed by atoms with van der Waals surface area (Å²) in [6, 6.07) is -0.141. The van der Waals surface area contributed by atoms with E-state index in [0.717, 1.165) is 42.8 Å². The molecule has 2 saturated carbocycles. The van der Waals surface area contributed by atoms with Gasteiger partial charge in [0.05, 0.1) is 23.9 Å². The fourth-order valence-corrected chi connectivity index (χ4v) is 5.25. The minimum atomic E-state index is -0.344. The van der Waals surface area contributed by atoms with Gasteiger partial charge in [0.1, 0.15) is 5.76 Å². The predicted molar refractivity (Wildman–Crippen MR) is 83.7 cm³/mol. The van der Waals surface area contributed by atoms with Crippen LogP contribution < -0.4 is 5.32 Å². The van der Waals surface area contributed by atoms with Crippen molar-refractivity contribution in [3.63, 3.8) is 0 Å². The number of amides is 2. The van der Waals surface area contributed by atoms with Crippen LogP contribution in [0.5, 0.6) is 0 Å². The Kier molecular flexibility index (Phi) is 3.41. The first-order valence-corrected chi connectivity index (χ1v) is 8.69. The summed E-state index contributed by atoms with van der Waals surface area (Å²) < 4.78 is 5.24. The van der Waals surface area contributed by atoms with Crippen molar-refractivity contribution >= 4 is 6.03 Å². The zero-order valence-electron chi connectivity index (χ0n) is 14.0. The van der Waals surface area contributed by atoms with Crippen LogP contribution in [0.1, 0.15) is 49.2 Å². The Morgan fingerprint density at radius 3 is 2.83 bits per heavy atom. The molecule has 4 rings (SSSR count). The molecule has 1 aromatic heterocycles. The molecule has 2 amide bonds. The van der Waals surface area contributed by atoms with Crippen LogP contribution in [0.4, 0.5) is 4.79 Å². The number of carbonyl (C=O) groups is 1. The molecule has 2 bridgehead atoms. The molecule has 2 N–H and O–H groups in total. The summed E-state index contributed by atoms with van der Waals surface area (Å²) in [5, 5.41) is 17.6. The lowest BCUT2D eigenvalue weighted by atomic mass is 9.88. The summed E-state index contributed by atoms with van der Waals surface area (Å²) in [7, 11) is 0. The van der Waals surface area contributed by atoms with Crippen molar-refractivity contribution in [1.29, 1.82) is 0 Å². The SMILES string of the molecule is CCC(NC(=O)N1CC2CC3CC2C1C3O)c1c(C)noc1C. The zero-order chi connectivity index (χ0) is 16.3. The molecule has 3 fully saturated rings. The van der Waals surface area contributed by atoms with E-state index in [-0.39, 0.29) is 24.2 Å². The van der Waals surface area contributed by atoms with Crippen LogP contribution in [0.3, 0.4) is 0 Å². The van der Waals surface area contributed by atoms with Gasteiger partial charge in [0.25, 0.3) is 0 Å². The molecule has 0 radical (unpaired) electrons. The summed E-state index contributed by atoms with van der Waals surface area (Å²) in [6.07, 6.45) is 2.60. The van der Waals surface area contributed by atoms with Crippen molar-refractivity contribution in [1.82, 2.24) is 15.4 Å². The maximum absolute atomic E-state index is 12.8. The van der Waals surface area contributed by atoms with E-state index in [9.17, 15) is 9.90 Å². The summed E-state index contributed by atoms with van der Waals surface area (Å²) in [6.45, 7) is 6.62. The van der Waals surface area contributed by atoms with E-state index in [1.54, 1.807) is 0 Å². The van der Waals surface area contributed by atoms with Gasteiger partial charge in [0, 0.05) is 12.1 Å². The van der Waals surface area contributed by atoms with Crippen LogP contribution in [-0.4, -0.2) is 39.9 Å². The largest absolute Gasteiger partial charge is 0.391 e. The monoisotopic (exact) mass is 319 g/mol. The van der Waals surface area contributed by atoms with Crippen LogP contribution in [0.15, 0.2) is 4.52 Å². The average molecular weight is 319 g/mol. The second-order valence-corrected chi connectivity index (χ2v) is 7.44. The Morgan fingerprint density at radius 1 is 1.43 bits per heavy atom. The molecular formula is C17H25N3O3. The number of likely N-dealkylation sites (tertiary alicyclic amines) is 1. The van der Waals surface area contributed by atoms with Crippen LogP contribution in [0, 0.1) is 31.6 Å². The van der Waals surface area contributed by atoms with Crippen molar-refractivity contribution in [3.05, 3.63) is 17.0 Å². The Labute approximate surface area is 136 Å². The molecule has 1 aromatic rings. The molecule has 1 aliphatic heterocycles. The highest BCUT2D eigenvalue weighted by Crippen LogP contribution is 2.54. The van der Waals surface area contributed by atoms with Crippen molar-refractivity contribution in [3.8, 4) is 0 Å². The second-order valence-electron chi connectivity index (χ2n) is 7.44. The Bertz CT molecular complexity index is 607. The molecule has 23 heavy (non-hydrogen) atoms. The first-order chi connectivity index (χ1) is 11.0. The van der Waals surface area contributed by atoms with Gasteiger partial charge in [-0.15, -0.1) is 0 Å². The van der Waals surface area contributed by atoms with Crippen LogP contribution in [0.2, 0.25) is 0 Å². The maximum atomic E-state index is 12.8. The number of urea groups is 1. The molecule has 6 unspecified atom stereocenters. The van der Waals surface area contributed by atoms with Gasteiger partial charge in [-0.1, -0.05) is 12.1 Å². The van der Waals surface area contributed by atoms with Crippen LogP contribution >= 0.6 is 0 Å². The van der Waals surface area contributed by atoms with E-state index < -0.39 is 0 Å². The Balaban J connectivity index is 1.52. The number of hydrogen-bond donors (Lipinski definition) is 2. The maximum Gasteiger partial charge on any atom is 0.318 e. The topological polar surface area (TPSA) is 78.6 Å². The molecule has 0 aromatic carbocycles. The van der Waals surface area contributed by atoms with Gasteiger partial charge < -0.3 is 19.8 Å². The number of aliphatic hydroxyl groups excluding tert-OH is 1. The first-order valence-electron chi connectivity index (χ1n) is 8.69. The summed E-state index contributed by atoms with van der Waals surface area (Å²) in [5.41, 5.74) is 1.81. The molecule has 3 aliphatic rings. The van der Waals surface area contributed by atoms with Gasteiger partial charge in [0.2, 0.25) is 0 Å². The van der Waals surface area contributed by atoms with Gasteiger partial charge in [-0.3, -0.25) is 0 Å². The molecule has 0 spiro atoms. The standard InChI is InChI=1S/C17H25N3O3/c1-4-13(14-8(2)19-23-9(14)3)18-17(22)20-7-11-5-10-6-12(11)15(20)16(10)21/h10-13,15-16,21H,4-7H2,1-3H3,(H,18,22).